The van der Waals surface area contributed by atoms with Crippen LogP contribution in [0, 0.1) is 0 Å². The first-order valence-electron chi connectivity index (χ1n) is 11.9. The highest BCUT2D eigenvalue weighted by Crippen LogP contribution is 2.34. The first-order valence-corrected chi connectivity index (χ1v) is 11.9. The Bertz CT molecular complexity index is 695. The van der Waals surface area contributed by atoms with Gasteiger partial charge >= 0.3 is 11.9 Å². The molecule has 194 valence electrons. The highest BCUT2D eigenvalue weighted by atomic mass is 16.6. The fourth-order valence-corrected chi connectivity index (χ4v) is 4.26. The van der Waals surface area contributed by atoms with Gasteiger partial charge in [-0.15, -0.1) is 6.58 Å². The number of hydrogen-bond donors (Lipinski definition) is 2. The van der Waals surface area contributed by atoms with Crippen molar-refractivity contribution in [2.24, 2.45) is 0 Å². The van der Waals surface area contributed by atoms with Gasteiger partial charge in [-0.25, -0.2) is 0 Å². The van der Waals surface area contributed by atoms with E-state index in [4.69, 9.17) is 23.7 Å². The van der Waals surface area contributed by atoms with Gasteiger partial charge in [-0.3, -0.25) is 14.4 Å². The molecule has 34 heavy (non-hydrogen) atoms. The molecule has 1 unspecified atom stereocenters. The number of carbonyl (C=O) groups excluding carboxylic acids is 3. The van der Waals surface area contributed by atoms with E-state index in [0.29, 0.717) is 19.4 Å². The van der Waals surface area contributed by atoms with Gasteiger partial charge in [0, 0.05) is 33.3 Å². The quantitative estimate of drug-likeness (QED) is 0.222. The van der Waals surface area contributed by atoms with Crippen LogP contribution in [0.25, 0.3) is 0 Å². The highest BCUT2D eigenvalue weighted by Gasteiger charge is 2.53. The smallest absolute Gasteiger partial charge is 0.303 e. The van der Waals surface area contributed by atoms with Crippen LogP contribution >= 0.6 is 0 Å². The molecule has 0 aromatic rings. The predicted octanol–water partition coefficient (Wildman–Crippen LogP) is 1.24. The minimum absolute atomic E-state index is 0.00296. The number of hydrogen-bond acceptors (Lipinski definition) is 10. The van der Waals surface area contributed by atoms with Crippen LogP contribution in [0.1, 0.15) is 59.3 Å². The maximum atomic E-state index is 12.7. The molecule has 0 bridgehead atoms. The third-order valence-corrected chi connectivity index (χ3v) is 5.89. The zero-order chi connectivity index (χ0) is 25.3. The summed E-state index contributed by atoms with van der Waals surface area (Å²) >= 11 is 0. The second-order valence-corrected chi connectivity index (χ2v) is 8.79. The number of carbonyl (C=O) groups is 3. The van der Waals surface area contributed by atoms with Crippen molar-refractivity contribution in [3.8, 4) is 0 Å². The summed E-state index contributed by atoms with van der Waals surface area (Å²) in [6.07, 6.45) is -3.02. The summed E-state index contributed by atoms with van der Waals surface area (Å²) in [5.74, 6) is -1.42. The molecule has 0 aromatic carbocycles. The zero-order valence-corrected chi connectivity index (χ0v) is 20.2. The van der Waals surface area contributed by atoms with E-state index in [-0.39, 0.29) is 31.3 Å². The summed E-state index contributed by atoms with van der Waals surface area (Å²) in [4.78, 5) is 35.7. The number of esters is 2. The Morgan fingerprint density at radius 3 is 2.62 bits per heavy atom. The van der Waals surface area contributed by atoms with Gasteiger partial charge in [0.25, 0.3) is 0 Å². The van der Waals surface area contributed by atoms with Crippen LogP contribution in [0.4, 0.5) is 0 Å². The molecule has 2 rings (SSSR count). The molecule has 0 spiro atoms. The maximum Gasteiger partial charge on any atom is 0.303 e. The molecule has 0 aliphatic carbocycles. The zero-order valence-electron chi connectivity index (χ0n) is 20.2. The molecule has 0 amide bonds. The first-order chi connectivity index (χ1) is 16.2. The van der Waals surface area contributed by atoms with Crippen LogP contribution in [0.15, 0.2) is 12.7 Å². The van der Waals surface area contributed by atoms with Gasteiger partial charge in [0.2, 0.25) is 0 Å². The van der Waals surface area contributed by atoms with Crippen LogP contribution in [0.2, 0.25) is 0 Å². The van der Waals surface area contributed by atoms with E-state index >= 15 is 0 Å². The van der Waals surface area contributed by atoms with Crippen molar-refractivity contribution >= 4 is 17.7 Å². The Morgan fingerprint density at radius 2 is 2.00 bits per heavy atom. The molecule has 8 atom stereocenters. The molecule has 2 aliphatic rings. The number of ketones is 1. The van der Waals surface area contributed by atoms with Crippen molar-refractivity contribution < 1.29 is 48.3 Å². The van der Waals surface area contributed by atoms with Gasteiger partial charge in [0.05, 0.1) is 18.3 Å². The van der Waals surface area contributed by atoms with Crippen LogP contribution in [0.5, 0.6) is 0 Å². The molecule has 2 heterocycles. The Balaban J connectivity index is 2.24. The molecule has 2 aliphatic heterocycles. The number of aliphatic hydroxyl groups excluding tert-OH is 2. The van der Waals surface area contributed by atoms with Gasteiger partial charge in [-0.05, 0) is 19.3 Å². The van der Waals surface area contributed by atoms with Crippen molar-refractivity contribution in [1.82, 2.24) is 0 Å². The fourth-order valence-electron chi connectivity index (χ4n) is 4.26. The average molecular weight is 487 g/mol. The highest BCUT2D eigenvalue weighted by molar-refractivity contribution is 5.85. The molecule has 0 aromatic heterocycles. The minimum Gasteiger partial charge on any atom is -0.463 e. The van der Waals surface area contributed by atoms with E-state index in [1.54, 1.807) is 6.08 Å². The fraction of sp³-hybridized carbons (Fsp3) is 0.792. The first kappa shape index (κ1) is 28.4. The Kier molecular flexibility index (Phi) is 11.6. The Morgan fingerprint density at radius 1 is 1.26 bits per heavy atom. The molecule has 2 fully saturated rings. The molecule has 2 saturated heterocycles. The van der Waals surface area contributed by atoms with Crippen LogP contribution in [0.3, 0.4) is 0 Å². The molecule has 10 heteroatoms. The molecular formula is C24H38O10. The summed E-state index contributed by atoms with van der Waals surface area (Å²) in [7, 11) is 0. The van der Waals surface area contributed by atoms with Gasteiger partial charge in [-0.1, -0.05) is 19.4 Å². The SMILES string of the molecule is C=CC[C@@H]1CCC(=O)[C@@H]([C@@H](OC(C)=O)[C@@H]2O[C@H](C[C@@H](O)COC(C)=O)[C@H](OCCCC)C2O)O1. The molecule has 0 radical (unpaired) electrons. The molecule has 2 N–H and O–H groups in total. The number of unbranched alkanes of at least 4 members (excludes halogenated alkanes) is 1. The van der Waals surface area contributed by atoms with E-state index in [9.17, 15) is 24.6 Å². The van der Waals surface area contributed by atoms with Gasteiger partial charge in [-0.2, -0.15) is 0 Å². The lowest BCUT2D eigenvalue weighted by Crippen LogP contribution is -2.53. The van der Waals surface area contributed by atoms with Gasteiger partial charge < -0.3 is 33.9 Å². The van der Waals surface area contributed by atoms with Crippen LogP contribution in [-0.2, 0) is 38.1 Å². The van der Waals surface area contributed by atoms with Gasteiger partial charge in [0.15, 0.2) is 18.0 Å². The maximum absolute atomic E-state index is 12.7. The number of aliphatic hydroxyl groups is 2. The Labute approximate surface area is 200 Å². The second-order valence-electron chi connectivity index (χ2n) is 8.79. The molecular weight excluding hydrogens is 448 g/mol. The summed E-state index contributed by atoms with van der Waals surface area (Å²) in [5, 5.41) is 21.4. The van der Waals surface area contributed by atoms with E-state index in [0.717, 1.165) is 12.8 Å². The van der Waals surface area contributed by atoms with Crippen molar-refractivity contribution in [3.05, 3.63) is 12.7 Å². The topological polar surface area (TPSA) is 138 Å². The lowest BCUT2D eigenvalue weighted by atomic mass is 9.92. The number of ether oxygens (including phenoxy) is 5. The van der Waals surface area contributed by atoms with Crippen LogP contribution < -0.4 is 0 Å². The van der Waals surface area contributed by atoms with Crippen molar-refractivity contribution in [2.45, 2.75) is 108 Å². The molecule has 10 nitrogen and oxygen atoms in total. The predicted molar refractivity (Wildman–Crippen MR) is 120 cm³/mol. The third kappa shape index (κ3) is 8.13. The van der Waals surface area contributed by atoms with E-state index < -0.39 is 54.7 Å². The third-order valence-electron chi connectivity index (χ3n) is 5.89. The van der Waals surface area contributed by atoms with Crippen LogP contribution in [-0.4, -0.2) is 90.0 Å². The second kappa shape index (κ2) is 13.9. The summed E-state index contributed by atoms with van der Waals surface area (Å²) in [5.41, 5.74) is 0. The van der Waals surface area contributed by atoms with Crippen molar-refractivity contribution in [1.29, 1.82) is 0 Å². The monoisotopic (exact) mass is 486 g/mol. The van der Waals surface area contributed by atoms with Crippen molar-refractivity contribution in [3.63, 3.8) is 0 Å². The summed E-state index contributed by atoms with van der Waals surface area (Å²) in [6, 6.07) is 0. The van der Waals surface area contributed by atoms with E-state index in [1.807, 2.05) is 6.92 Å². The minimum atomic E-state index is -1.25. The normalized spacial score (nSPS) is 31.0. The van der Waals surface area contributed by atoms with E-state index in [1.165, 1.54) is 13.8 Å². The standard InChI is InChI=1S/C24H38O10/c1-5-7-11-30-22-19(12-16(27)13-31-14(3)25)34-23(20(22)29)24(32-15(4)26)21-18(28)10-9-17(33-21)8-6-2/h6,16-17,19-24,27,29H,2,5,7-13H2,1,3-4H3/t16-,17-,19-,20?,21+,22+,23-,24-/m1/s1. The van der Waals surface area contributed by atoms with Crippen molar-refractivity contribution in [2.75, 3.05) is 13.2 Å². The summed E-state index contributed by atoms with van der Waals surface area (Å²) in [6.45, 7) is 8.26. The lowest BCUT2D eigenvalue weighted by molar-refractivity contribution is -0.190. The number of rotatable bonds is 13. The Hall–Kier alpha value is -1.85. The number of Topliss-reactive ketones (excluding diaryl/α,β-unsaturated/α-hetero) is 1. The van der Waals surface area contributed by atoms with E-state index in [2.05, 4.69) is 6.58 Å². The van der Waals surface area contributed by atoms with Gasteiger partial charge in [0.1, 0.15) is 24.9 Å². The lowest BCUT2D eigenvalue weighted by Gasteiger charge is -2.36. The average Bonchev–Trinajstić information content (AvgIpc) is 3.07. The molecule has 0 saturated carbocycles. The largest absolute Gasteiger partial charge is 0.463 e. The summed E-state index contributed by atoms with van der Waals surface area (Å²) < 4.78 is 28.2.